The second-order valence-corrected chi connectivity index (χ2v) is 15.2. The fourth-order valence-corrected chi connectivity index (χ4v) is 8.37. The Hall–Kier alpha value is -2.74. The Morgan fingerprint density at radius 3 is 2.64 bits per heavy atom. The summed E-state index contributed by atoms with van der Waals surface area (Å²) in [6, 6.07) is 12.4. The summed E-state index contributed by atoms with van der Waals surface area (Å²) < 4.78 is 58.1. The normalized spacial score (nSPS) is 22.5. The molecule has 10 nitrogen and oxygen atoms in total. The van der Waals surface area contributed by atoms with Crippen LogP contribution >= 0.6 is 11.3 Å². The van der Waals surface area contributed by atoms with Gasteiger partial charge in [-0.2, -0.15) is 4.31 Å². The zero-order chi connectivity index (χ0) is 30.8. The average Bonchev–Trinajstić information content (AvgIpc) is 3.79. The molecule has 3 aliphatic heterocycles. The fraction of sp³-hybridized carbons (Fsp3) is 0.531. The van der Waals surface area contributed by atoms with Gasteiger partial charge >= 0.3 is 0 Å². The van der Waals surface area contributed by atoms with Gasteiger partial charge in [-0.05, 0) is 61.9 Å². The van der Waals surface area contributed by atoms with Crippen molar-refractivity contribution in [2.45, 2.75) is 70.0 Å². The summed E-state index contributed by atoms with van der Waals surface area (Å²) in [5.74, 6) is 1.61. The molecule has 2 saturated heterocycles. The number of fused-ring (bicyclic) bond motifs is 2. The zero-order valence-electron chi connectivity index (χ0n) is 25.3. The Morgan fingerprint density at radius 2 is 1.91 bits per heavy atom. The zero-order valence-corrected chi connectivity index (χ0v) is 26.9. The monoisotopic (exact) mass is 644 g/mol. The molecule has 3 aromatic rings. The minimum absolute atomic E-state index is 0.0423. The lowest BCUT2D eigenvalue weighted by Crippen LogP contribution is -2.45. The van der Waals surface area contributed by atoms with Crippen LogP contribution in [0.5, 0.6) is 17.2 Å². The van der Waals surface area contributed by atoms with Crippen molar-refractivity contribution in [3.05, 3.63) is 64.1 Å². The minimum atomic E-state index is -3.94. The highest BCUT2D eigenvalue weighted by atomic mass is 32.2. The first-order chi connectivity index (χ1) is 21.2. The molecule has 1 N–H and O–H groups in total. The van der Waals surface area contributed by atoms with E-state index in [1.54, 1.807) is 17.4 Å². The van der Waals surface area contributed by atoms with E-state index in [1.807, 2.05) is 50.4 Å². The number of aliphatic hydroxyl groups is 1. The Bertz CT molecular complexity index is 1520. The van der Waals surface area contributed by atoms with Crippen molar-refractivity contribution in [1.82, 2.24) is 9.29 Å². The Kier molecular flexibility index (Phi) is 9.46. The summed E-state index contributed by atoms with van der Waals surface area (Å²) in [5, 5.41) is 14.8. The highest BCUT2D eigenvalue weighted by molar-refractivity contribution is 7.89. The number of aryl methyl sites for hydroxylation is 1. The van der Waals surface area contributed by atoms with Gasteiger partial charge in [-0.25, -0.2) is 13.4 Å². The third-order valence-electron chi connectivity index (χ3n) is 8.36. The van der Waals surface area contributed by atoms with Gasteiger partial charge in [0.2, 0.25) is 16.8 Å². The average molecular weight is 645 g/mol. The van der Waals surface area contributed by atoms with Crippen molar-refractivity contribution in [2.75, 3.05) is 26.5 Å². The topological polar surface area (TPSA) is 117 Å². The number of benzene rings is 2. The lowest BCUT2D eigenvalue weighted by molar-refractivity contribution is -0.139. The second kappa shape index (κ2) is 13.3. The SMILES string of the molecule is Cc1nc(COc2ccc(C[C@H](C3C[C@H]4CCO[C@@H]4O3)[C@@H](O)CN(CC(C)C)S(=O)(=O)c3ccc4c(c3)OCO4)cc2)cs1. The molecule has 2 fully saturated rings. The van der Waals surface area contributed by atoms with Gasteiger partial charge in [0.05, 0.1) is 34.4 Å². The molecular weight excluding hydrogens is 604 g/mol. The summed E-state index contributed by atoms with van der Waals surface area (Å²) in [7, 11) is -3.94. The van der Waals surface area contributed by atoms with Crippen molar-refractivity contribution in [3.8, 4) is 17.2 Å². The summed E-state index contributed by atoms with van der Waals surface area (Å²) in [6.07, 6.45) is 0.676. The largest absolute Gasteiger partial charge is 0.487 e. The van der Waals surface area contributed by atoms with E-state index in [9.17, 15) is 13.5 Å². The molecular formula is C32H40N2O8S2. The first kappa shape index (κ1) is 31.3. The van der Waals surface area contributed by atoms with E-state index in [0.717, 1.165) is 34.9 Å². The molecule has 0 amide bonds. The number of rotatable bonds is 13. The Balaban J connectivity index is 1.20. The molecule has 0 aliphatic carbocycles. The standard InChI is InChI=1S/C32H40N2O8S2/c1-20(2)15-34(44(36,37)26-8-9-29-31(14-26)41-19-40-29)16-28(35)27(30-13-23-10-11-38-32(23)42-30)12-22-4-6-25(7-5-22)39-17-24-18-43-21(3)33-24/h4-9,14,18,20,23,27-28,30,32,35H,10-13,15-17,19H2,1-3H3/t23-,27+,28+,30?,32-/m1/s1. The van der Waals surface area contributed by atoms with E-state index in [4.69, 9.17) is 23.7 Å². The van der Waals surface area contributed by atoms with Crippen LogP contribution in [0.25, 0.3) is 0 Å². The predicted octanol–water partition coefficient (Wildman–Crippen LogP) is 4.78. The molecule has 1 unspecified atom stereocenters. The van der Waals surface area contributed by atoms with Crippen molar-refractivity contribution >= 4 is 21.4 Å². The van der Waals surface area contributed by atoms with Gasteiger partial charge in [0, 0.05) is 36.4 Å². The molecule has 0 radical (unpaired) electrons. The maximum Gasteiger partial charge on any atom is 0.243 e. The van der Waals surface area contributed by atoms with E-state index in [1.165, 1.54) is 16.4 Å². The maximum atomic E-state index is 13.9. The van der Waals surface area contributed by atoms with E-state index >= 15 is 0 Å². The summed E-state index contributed by atoms with van der Waals surface area (Å²) >= 11 is 1.59. The summed E-state index contributed by atoms with van der Waals surface area (Å²) in [6.45, 7) is 7.21. The van der Waals surface area contributed by atoms with Crippen molar-refractivity contribution in [1.29, 1.82) is 0 Å². The van der Waals surface area contributed by atoms with Crippen LogP contribution in [0.1, 0.15) is 43.0 Å². The number of ether oxygens (including phenoxy) is 5. The molecule has 0 spiro atoms. The number of hydrogen-bond donors (Lipinski definition) is 1. The number of aromatic nitrogens is 1. The molecule has 2 aromatic carbocycles. The van der Waals surface area contributed by atoms with Crippen LogP contribution in [0.2, 0.25) is 0 Å². The first-order valence-electron chi connectivity index (χ1n) is 15.1. The van der Waals surface area contributed by atoms with Gasteiger partial charge in [0.15, 0.2) is 17.8 Å². The van der Waals surface area contributed by atoms with E-state index < -0.39 is 16.1 Å². The predicted molar refractivity (Wildman–Crippen MR) is 164 cm³/mol. The number of aliphatic hydroxyl groups excluding tert-OH is 1. The maximum absolute atomic E-state index is 13.9. The highest BCUT2D eigenvalue weighted by Crippen LogP contribution is 2.40. The molecule has 12 heteroatoms. The van der Waals surface area contributed by atoms with Gasteiger partial charge < -0.3 is 28.8 Å². The molecule has 44 heavy (non-hydrogen) atoms. The fourth-order valence-electron chi connectivity index (χ4n) is 6.14. The minimum Gasteiger partial charge on any atom is -0.487 e. The molecule has 0 bridgehead atoms. The number of hydrogen-bond acceptors (Lipinski definition) is 10. The molecule has 0 saturated carbocycles. The van der Waals surface area contributed by atoms with Crippen LogP contribution in [0.3, 0.4) is 0 Å². The molecule has 5 atom stereocenters. The quantitative estimate of drug-likeness (QED) is 0.281. The van der Waals surface area contributed by atoms with Crippen molar-refractivity contribution in [3.63, 3.8) is 0 Å². The van der Waals surface area contributed by atoms with E-state index in [-0.39, 0.29) is 54.9 Å². The van der Waals surface area contributed by atoms with E-state index in [0.29, 0.717) is 31.1 Å². The third-order valence-corrected chi connectivity index (χ3v) is 11.0. The smallest absolute Gasteiger partial charge is 0.243 e. The van der Waals surface area contributed by atoms with Crippen molar-refractivity contribution in [2.24, 2.45) is 17.8 Å². The third kappa shape index (κ3) is 7.05. The lowest BCUT2D eigenvalue weighted by atomic mass is 9.85. The van der Waals surface area contributed by atoms with Gasteiger partial charge in [-0.15, -0.1) is 11.3 Å². The number of sulfonamides is 1. The van der Waals surface area contributed by atoms with Gasteiger partial charge in [0.1, 0.15) is 12.4 Å². The summed E-state index contributed by atoms with van der Waals surface area (Å²) in [4.78, 5) is 4.55. The van der Waals surface area contributed by atoms with Crippen LogP contribution < -0.4 is 14.2 Å². The van der Waals surface area contributed by atoms with Crippen molar-refractivity contribution < 1.29 is 37.2 Å². The molecule has 1 aromatic heterocycles. The molecule has 3 aliphatic rings. The summed E-state index contributed by atoms with van der Waals surface area (Å²) in [5.41, 5.74) is 1.90. The second-order valence-electron chi connectivity index (χ2n) is 12.2. The van der Waals surface area contributed by atoms with Crippen LogP contribution in [-0.4, -0.2) is 67.8 Å². The first-order valence-corrected chi connectivity index (χ1v) is 17.5. The van der Waals surface area contributed by atoms with Gasteiger partial charge in [0.25, 0.3) is 0 Å². The number of thiazole rings is 1. The van der Waals surface area contributed by atoms with Crippen LogP contribution in [0.15, 0.2) is 52.7 Å². The van der Waals surface area contributed by atoms with Crippen LogP contribution in [0.4, 0.5) is 0 Å². The Labute approximate surface area is 262 Å². The highest BCUT2D eigenvalue weighted by Gasteiger charge is 2.45. The number of nitrogens with zero attached hydrogens (tertiary/aromatic N) is 2. The van der Waals surface area contributed by atoms with Gasteiger partial charge in [-0.1, -0.05) is 26.0 Å². The Morgan fingerprint density at radius 1 is 1.11 bits per heavy atom. The lowest BCUT2D eigenvalue weighted by Gasteiger charge is -2.33. The molecule has 238 valence electrons. The van der Waals surface area contributed by atoms with Gasteiger partial charge in [-0.3, -0.25) is 0 Å². The molecule has 6 rings (SSSR count). The van der Waals surface area contributed by atoms with Crippen LogP contribution in [-0.2, 0) is 32.5 Å². The molecule has 4 heterocycles. The van der Waals surface area contributed by atoms with E-state index in [2.05, 4.69) is 4.98 Å². The van der Waals surface area contributed by atoms with Crippen LogP contribution in [0, 0.1) is 24.7 Å².